The summed E-state index contributed by atoms with van der Waals surface area (Å²) in [4.78, 5) is 38.5. The van der Waals surface area contributed by atoms with Crippen LogP contribution in [-0.2, 0) is 30.4 Å². The van der Waals surface area contributed by atoms with Gasteiger partial charge in [0.15, 0.2) is 6.04 Å². The number of carboxylic acid groups (broad SMARTS) is 1. The summed E-state index contributed by atoms with van der Waals surface area (Å²) in [5.74, 6) is -1.81. The molecule has 0 spiro atoms. The van der Waals surface area contributed by atoms with E-state index < -0.39 is 35.5 Å². The van der Waals surface area contributed by atoms with Crippen LogP contribution >= 0.6 is 0 Å². The minimum Gasteiger partial charge on any atom is -0.480 e. The molecule has 1 saturated heterocycles. The second kappa shape index (κ2) is 13.2. The van der Waals surface area contributed by atoms with Crippen LogP contribution in [0.4, 0.5) is 4.79 Å². The van der Waals surface area contributed by atoms with E-state index in [1.165, 1.54) is 0 Å². The molecule has 5 rings (SSSR count). The Morgan fingerprint density at radius 2 is 1.62 bits per heavy atom. The van der Waals surface area contributed by atoms with E-state index in [-0.39, 0.29) is 32.3 Å². The molecule has 1 heterocycles. The van der Waals surface area contributed by atoms with E-state index in [1.807, 2.05) is 66.7 Å². The van der Waals surface area contributed by atoms with Gasteiger partial charge in [0, 0.05) is 19.1 Å². The highest BCUT2D eigenvalue weighted by atomic mass is 16.5. The smallest absolute Gasteiger partial charge is 0.407 e. The first-order chi connectivity index (χ1) is 20.4. The van der Waals surface area contributed by atoms with Gasteiger partial charge in [0.25, 0.3) is 0 Å². The molecule has 2 amide bonds. The highest BCUT2D eigenvalue weighted by Gasteiger charge is 2.43. The molecule has 1 fully saturated rings. The minimum atomic E-state index is -1.28. The van der Waals surface area contributed by atoms with Crippen molar-refractivity contribution in [1.29, 1.82) is 0 Å². The quantitative estimate of drug-likeness (QED) is 0.309. The molecule has 9 heteroatoms. The van der Waals surface area contributed by atoms with Crippen molar-refractivity contribution in [3.8, 4) is 11.1 Å². The standard InChI is InChI=1S/C33H36N2O7/c1-22(41-18-23-10-3-2-4-11-23)29(30(36)37)35-31(38)33(16-9-17-40-21-33)20-34-32(39)42-19-28-26-14-7-5-12-24(26)25-13-6-8-15-27(25)28/h2-8,10-15,22,28-29H,9,16-21H2,1H3,(H,34,39)(H,35,38)(H,36,37). The van der Waals surface area contributed by atoms with E-state index >= 15 is 0 Å². The van der Waals surface area contributed by atoms with E-state index in [0.29, 0.717) is 19.4 Å². The number of benzene rings is 3. The van der Waals surface area contributed by atoms with Crippen molar-refractivity contribution in [3.05, 3.63) is 95.6 Å². The molecule has 42 heavy (non-hydrogen) atoms. The van der Waals surface area contributed by atoms with Crippen molar-refractivity contribution in [2.75, 3.05) is 26.4 Å². The summed E-state index contributed by atoms with van der Waals surface area (Å²) in [5, 5.41) is 15.3. The van der Waals surface area contributed by atoms with Gasteiger partial charge >= 0.3 is 12.1 Å². The third kappa shape index (κ3) is 6.48. The van der Waals surface area contributed by atoms with Crippen LogP contribution in [0.25, 0.3) is 11.1 Å². The Hall–Kier alpha value is -4.21. The Morgan fingerprint density at radius 1 is 0.976 bits per heavy atom. The molecule has 0 saturated carbocycles. The zero-order valence-corrected chi connectivity index (χ0v) is 23.6. The summed E-state index contributed by atoms with van der Waals surface area (Å²) in [6.45, 7) is 2.45. The Kier molecular flexibility index (Phi) is 9.19. The number of carbonyl (C=O) groups is 3. The maximum atomic E-state index is 13.6. The lowest BCUT2D eigenvalue weighted by molar-refractivity contribution is -0.151. The summed E-state index contributed by atoms with van der Waals surface area (Å²) in [6, 6.07) is 24.3. The maximum Gasteiger partial charge on any atom is 0.407 e. The van der Waals surface area contributed by atoms with Crippen LogP contribution in [0.15, 0.2) is 78.9 Å². The van der Waals surface area contributed by atoms with Gasteiger partial charge in [-0.25, -0.2) is 9.59 Å². The average molecular weight is 573 g/mol. The summed E-state index contributed by atoms with van der Waals surface area (Å²) in [7, 11) is 0. The molecule has 3 unspecified atom stereocenters. The number of ether oxygens (including phenoxy) is 3. The predicted octanol–water partition coefficient (Wildman–Crippen LogP) is 4.50. The lowest BCUT2D eigenvalue weighted by atomic mass is 9.81. The van der Waals surface area contributed by atoms with Gasteiger partial charge in [-0.1, -0.05) is 78.9 Å². The van der Waals surface area contributed by atoms with E-state index in [2.05, 4.69) is 22.8 Å². The molecule has 1 aliphatic carbocycles. The highest BCUT2D eigenvalue weighted by Crippen LogP contribution is 2.44. The zero-order valence-electron chi connectivity index (χ0n) is 23.6. The summed E-state index contributed by atoms with van der Waals surface area (Å²) >= 11 is 0. The molecule has 2 aliphatic rings. The number of fused-ring (bicyclic) bond motifs is 3. The molecular weight excluding hydrogens is 536 g/mol. The molecule has 9 nitrogen and oxygen atoms in total. The molecule has 3 aromatic carbocycles. The van der Waals surface area contributed by atoms with Gasteiger partial charge in [-0.05, 0) is 47.6 Å². The highest BCUT2D eigenvalue weighted by molar-refractivity contribution is 5.88. The molecule has 3 atom stereocenters. The van der Waals surface area contributed by atoms with Crippen LogP contribution in [0.1, 0.15) is 42.4 Å². The number of carbonyl (C=O) groups excluding carboxylic acids is 2. The van der Waals surface area contributed by atoms with Gasteiger partial charge in [0.1, 0.15) is 6.61 Å². The van der Waals surface area contributed by atoms with Gasteiger partial charge < -0.3 is 30.0 Å². The van der Waals surface area contributed by atoms with Crippen LogP contribution in [0.2, 0.25) is 0 Å². The topological polar surface area (TPSA) is 123 Å². The third-order valence-electron chi connectivity index (χ3n) is 8.10. The van der Waals surface area contributed by atoms with Crippen molar-refractivity contribution in [2.45, 2.75) is 44.4 Å². The number of hydrogen-bond donors (Lipinski definition) is 3. The van der Waals surface area contributed by atoms with Crippen molar-refractivity contribution in [3.63, 3.8) is 0 Å². The second-order valence-electron chi connectivity index (χ2n) is 10.9. The lowest BCUT2D eigenvalue weighted by Gasteiger charge is -2.37. The van der Waals surface area contributed by atoms with Crippen LogP contribution in [0.3, 0.4) is 0 Å². The number of aliphatic carboxylic acids is 1. The van der Waals surface area contributed by atoms with E-state index in [9.17, 15) is 19.5 Å². The fraction of sp³-hybridized carbons (Fsp3) is 0.364. The van der Waals surface area contributed by atoms with Crippen LogP contribution in [-0.4, -0.2) is 61.6 Å². The number of rotatable bonds is 11. The number of hydrogen-bond acceptors (Lipinski definition) is 6. The van der Waals surface area contributed by atoms with Crippen molar-refractivity contribution in [2.24, 2.45) is 5.41 Å². The van der Waals surface area contributed by atoms with Crippen molar-refractivity contribution >= 4 is 18.0 Å². The fourth-order valence-electron chi connectivity index (χ4n) is 5.71. The Morgan fingerprint density at radius 3 is 2.24 bits per heavy atom. The Bertz CT molecular complexity index is 1360. The van der Waals surface area contributed by atoms with Gasteiger partial charge in [0.2, 0.25) is 5.91 Å². The van der Waals surface area contributed by atoms with E-state index in [0.717, 1.165) is 27.8 Å². The van der Waals surface area contributed by atoms with E-state index in [1.54, 1.807) is 6.92 Å². The molecule has 0 bridgehead atoms. The van der Waals surface area contributed by atoms with Crippen LogP contribution in [0.5, 0.6) is 0 Å². The fourth-order valence-corrected chi connectivity index (χ4v) is 5.71. The SMILES string of the molecule is CC(OCc1ccccc1)C(NC(=O)C1(CNC(=O)OCC2c3ccccc3-c3ccccc32)CCCOC1)C(=O)O. The van der Waals surface area contributed by atoms with E-state index in [4.69, 9.17) is 14.2 Å². The molecule has 3 aromatic rings. The molecule has 3 N–H and O–H groups in total. The summed E-state index contributed by atoms with van der Waals surface area (Å²) in [6.07, 6.45) is -0.432. The van der Waals surface area contributed by atoms with Gasteiger partial charge in [0.05, 0.1) is 24.7 Å². The second-order valence-corrected chi connectivity index (χ2v) is 10.9. The monoisotopic (exact) mass is 572 g/mol. The zero-order chi connectivity index (χ0) is 29.5. The predicted molar refractivity (Wildman–Crippen MR) is 156 cm³/mol. The Balaban J connectivity index is 1.20. The van der Waals surface area contributed by atoms with Gasteiger partial charge in [-0.3, -0.25) is 4.79 Å². The first kappa shape index (κ1) is 29.3. The maximum absolute atomic E-state index is 13.6. The van der Waals surface area contributed by atoms with Crippen molar-refractivity contribution in [1.82, 2.24) is 10.6 Å². The average Bonchev–Trinajstić information content (AvgIpc) is 3.34. The molecule has 220 valence electrons. The van der Waals surface area contributed by atoms with Crippen LogP contribution < -0.4 is 10.6 Å². The van der Waals surface area contributed by atoms with Gasteiger partial charge in [-0.2, -0.15) is 0 Å². The number of carboxylic acids is 1. The first-order valence-electron chi connectivity index (χ1n) is 14.2. The van der Waals surface area contributed by atoms with Gasteiger partial charge in [-0.15, -0.1) is 0 Å². The number of alkyl carbamates (subject to hydrolysis) is 1. The number of nitrogens with one attached hydrogen (secondary N) is 2. The lowest BCUT2D eigenvalue weighted by Crippen LogP contribution is -2.58. The van der Waals surface area contributed by atoms with Crippen LogP contribution in [0, 0.1) is 5.41 Å². The normalized spacial score (nSPS) is 19.2. The number of amides is 2. The molecule has 1 aliphatic heterocycles. The minimum absolute atomic E-state index is 0.0497. The molecule has 0 aromatic heterocycles. The largest absolute Gasteiger partial charge is 0.480 e. The molecule has 0 radical (unpaired) electrons. The first-order valence-corrected chi connectivity index (χ1v) is 14.2. The third-order valence-corrected chi connectivity index (χ3v) is 8.10. The Labute approximate surface area is 245 Å². The summed E-state index contributed by atoms with van der Waals surface area (Å²) in [5.41, 5.74) is 4.22. The van der Waals surface area contributed by atoms with Crippen molar-refractivity contribution < 1.29 is 33.7 Å². The molecular formula is C33H36N2O7. The summed E-state index contributed by atoms with van der Waals surface area (Å²) < 4.78 is 17.1.